The van der Waals surface area contributed by atoms with Crippen LogP contribution in [0.25, 0.3) is 11.3 Å². The van der Waals surface area contributed by atoms with Crippen LogP contribution in [0.15, 0.2) is 28.2 Å². The lowest BCUT2D eigenvalue weighted by molar-refractivity contribution is 0.618. The van der Waals surface area contributed by atoms with Gasteiger partial charge in [0, 0.05) is 16.5 Å². The van der Waals surface area contributed by atoms with Gasteiger partial charge in [-0.05, 0) is 12.3 Å². The summed E-state index contributed by atoms with van der Waals surface area (Å²) < 4.78 is 13.8. The van der Waals surface area contributed by atoms with Crippen molar-refractivity contribution < 1.29 is 4.39 Å². The first-order valence-corrected chi connectivity index (χ1v) is 7.89. The molecule has 0 aliphatic heterocycles. The van der Waals surface area contributed by atoms with Crippen molar-refractivity contribution in [3.63, 3.8) is 0 Å². The van der Waals surface area contributed by atoms with Crippen molar-refractivity contribution in [1.29, 1.82) is 5.26 Å². The third kappa shape index (κ3) is 2.62. The van der Waals surface area contributed by atoms with Gasteiger partial charge < -0.3 is 4.98 Å². The van der Waals surface area contributed by atoms with Gasteiger partial charge in [0.25, 0.3) is 5.56 Å². The number of alkyl halides is 1. The molecule has 1 N–H and O–H groups in total. The van der Waals surface area contributed by atoms with Crippen LogP contribution in [-0.4, -0.2) is 16.2 Å². The van der Waals surface area contributed by atoms with E-state index < -0.39 is 11.4 Å². The van der Waals surface area contributed by atoms with Gasteiger partial charge in [0.2, 0.25) is 0 Å². The van der Waals surface area contributed by atoms with Crippen molar-refractivity contribution >= 4 is 27.7 Å². The van der Waals surface area contributed by atoms with Gasteiger partial charge in [-0.2, -0.15) is 5.26 Å². The lowest BCUT2D eigenvalue weighted by Crippen LogP contribution is -2.15. The van der Waals surface area contributed by atoms with Crippen LogP contribution < -0.4 is 5.56 Å². The molecule has 0 aliphatic carbocycles. The number of hydrogen-bond donors (Lipinski definition) is 1. The molecule has 7 heteroatoms. The summed E-state index contributed by atoms with van der Waals surface area (Å²) in [6, 6.07) is 6.33. The third-order valence-corrected chi connectivity index (χ3v) is 3.85. The maximum Gasteiger partial charge on any atom is 0.270 e. The zero-order valence-electron chi connectivity index (χ0n) is 10.4. The highest BCUT2D eigenvalue weighted by Crippen LogP contribution is 2.28. The molecule has 0 fully saturated rings. The smallest absolute Gasteiger partial charge is 0.270 e. The molecule has 0 bridgehead atoms. The van der Waals surface area contributed by atoms with E-state index in [1.54, 1.807) is 12.3 Å². The van der Waals surface area contributed by atoms with E-state index in [4.69, 9.17) is 5.26 Å². The Bertz CT molecular complexity index is 754. The molecule has 0 amide bonds. The highest BCUT2D eigenvalue weighted by Gasteiger charge is 2.17. The highest BCUT2D eigenvalue weighted by molar-refractivity contribution is 9.08. The number of nitrogens with zero attached hydrogens (tertiary/aromatic N) is 2. The van der Waals surface area contributed by atoms with Gasteiger partial charge in [0.1, 0.15) is 17.4 Å². The van der Waals surface area contributed by atoms with Crippen molar-refractivity contribution in [1.82, 2.24) is 9.97 Å². The lowest BCUT2D eigenvalue weighted by atomic mass is 10.0. The second kappa shape index (κ2) is 6.20. The average Bonchev–Trinajstić information content (AvgIpc) is 2.46. The van der Waals surface area contributed by atoms with E-state index in [9.17, 15) is 9.18 Å². The maximum absolute atomic E-state index is 13.8. The van der Waals surface area contributed by atoms with E-state index >= 15 is 0 Å². The molecule has 4 nitrogen and oxygen atoms in total. The summed E-state index contributed by atoms with van der Waals surface area (Å²) in [5.74, 6) is -0.406. The number of benzene rings is 1. The minimum absolute atomic E-state index is 0.115. The molecule has 0 spiro atoms. The van der Waals surface area contributed by atoms with Crippen molar-refractivity contribution in [2.45, 2.75) is 10.5 Å². The van der Waals surface area contributed by atoms with Gasteiger partial charge >= 0.3 is 0 Å². The second-order valence-corrected chi connectivity index (χ2v) is 5.17. The van der Waals surface area contributed by atoms with Crippen LogP contribution in [0.1, 0.15) is 11.1 Å². The number of nitrogens with one attached hydrogen (secondary N) is 1. The molecule has 1 aromatic carbocycles. The van der Waals surface area contributed by atoms with Crippen LogP contribution in [-0.2, 0) is 5.33 Å². The number of H-pyrrole nitrogens is 1. The first kappa shape index (κ1) is 14.8. The maximum atomic E-state index is 13.8. The van der Waals surface area contributed by atoms with E-state index in [1.165, 1.54) is 23.9 Å². The molecule has 0 atom stereocenters. The van der Waals surface area contributed by atoms with Gasteiger partial charge in [-0.25, -0.2) is 9.37 Å². The second-order valence-electron chi connectivity index (χ2n) is 3.81. The number of halogens is 2. The van der Waals surface area contributed by atoms with E-state index in [0.717, 1.165) is 0 Å². The Kier molecular flexibility index (Phi) is 4.57. The molecule has 1 heterocycles. The van der Waals surface area contributed by atoms with E-state index in [-0.39, 0.29) is 16.6 Å². The summed E-state index contributed by atoms with van der Waals surface area (Å²) in [4.78, 5) is 18.6. The van der Waals surface area contributed by atoms with Gasteiger partial charge in [-0.15, -0.1) is 0 Å². The molecule has 0 unspecified atom stereocenters. The van der Waals surface area contributed by atoms with Gasteiger partial charge in [0.15, 0.2) is 5.16 Å². The Hall–Kier alpha value is -1.65. The van der Waals surface area contributed by atoms with Crippen LogP contribution in [0.5, 0.6) is 0 Å². The predicted molar refractivity (Wildman–Crippen MR) is 79.4 cm³/mol. The minimum atomic E-state index is -0.522. The predicted octanol–water partition coefficient (Wildman–Crippen LogP) is 3.06. The highest BCUT2D eigenvalue weighted by atomic mass is 79.9. The molecule has 0 saturated carbocycles. The van der Waals surface area contributed by atoms with E-state index in [0.29, 0.717) is 16.3 Å². The zero-order valence-corrected chi connectivity index (χ0v) is 12.8. The molecular weight excluding hydrogens is 345 g/mol. The standard InChI is InChI=1S/C13H9BrFN3OS/c1-20-13-17-11(9(6-16)12(19)18-13)7-3-2-4-10(15)8(7)5-14/h2-4H,5H2,1H3,(H,17,18,19). The van der Waals surface area contributed by atoms with Crippen LogP contribution in [0.3, 0.4) is 0 Å². The van der Waals surface area contributed by atoms with Crippen molar-refractivity contribution in [3.8, 4) is 17.3 Å². The largest absolute Gasteiger partial charge is 0.300 e. The molecule has 2 rings (SSSR count). The number of rotatable bonds is 3. The summed E-state index contributed by atoms with van der Waals surface area (Å²) in [6.07, 6.45) is 1.76. The number of aromatic amines is 1. The van der Waals surface area contributed by atoms with Crippen LogP contribution in [0.2, 0.25) is 0 Å². The molecule has 20 heavy (non-hydrogen) atoms. The molecule has 1 aromatic heterocycles. The number of nitriles is 1. The van der Waals surface area contributed by atoms with E-state index in [1.807, 2.05) is 6.07 Å². The van der Waals surface area contributed by atoms with Crippen molar-refractivity contribution in [2.75, 3.05) is 6.26 Å². The first-order chi connectivity index (χ1) is 9.62. The van der Waals surface area contributed by atoms with Crippen molar-refractivity contribution in [2.24, 2.45) is 0 Å². The monoisotopic (exact) mass is 353 g/mol. The van der Waals surface area contributed by atoms with Crippen LogP contribution >= 0.6 is 27.7 Å². The number of thioether (sulfide) groups is 1. The Morgan fingerprint density at radius 2 is 2.30 bits per heavy atom. The molecule has 0 saturated heterocycles. The summed E-state index contributed by atoms with van der Waals surface area (Å²) in [7, 11) is 0. The molecule has 2 aromatic rings. The lowest BCUT2D eigenvalue weighted by Gasteiger charge is -2.09. The summed E-state index contributed by atoms with van der Waals surface area (Å²) in [5.41, 5.74) is 0.380. The summed E-state index contributed by atoms with van der Waals surface area (Å²) in [6.45, 7) is 0. The summed E-state index contributed by atoms with van der Waals surface area (Å²) >= 11 is 4.46. The Balaban J connectivity index is 2.82. The van der Waals surface area contributed by atoms with Crippen molar-refractivity contribution in [3.05, 3.63) is 45.5 Å². The van der Waals surface area contributed by atoms with E-state index in [2.05, 4.69) is 25.9 Å². The van der Waals surface area contributed by atoms with Crippen LogP contribution in [0, 0.1) is 17.1 Å². The molecular formula is C13H9BrFN3OS. The number of aromatic nitrogens is 2. The Morgan fingerprint density at radius 1 is 1.55 bits per heavy atom. The quantitative estimate of drug-likeness (QED) is 0.523. The molecule has 0 aliphatic rings. The van der Waals surface area contributed by atoms with Gasteiger partial charge in [-0.1, -0.05) is 39.8 Å². The normalized spacial score (nSPS) is 10.3. The topological polar surface area (TPSA) is 69.5 Å². The Morgan fingerprint density at radius 3 is 2.90 bits per heavy atom. The summed E-state index contributed by atoms with van der Waals surface area (Å²) in [5, 5.41) is 9.78. The third-order valence-electron chi connectivity index (χ3n) is 2.71. The first-order valence-electron chi connectivity index (χ1n) is 5.54. The van der Waals surface area contributed by atoms with Gasteiger partial charge in [0.05, 0.1) is 5.69 Å². The zero-order chi connectivity index (χ0) is 14.7. The minimum Gasteiger partial charge on any atom is -0.300 e. The average molecular weight is 354 g/mol. The van der Waals surface area contributed by atoms with Crippen LogP contribution in [0.4, 0.5) is 4.39 Å². The number of hydrogen-bond acceptors (Lipinski definition) is 4. The molecule has 102 valence electrons. The fourth-order valence-corrected chi connectivity index (χ4v) is 2.71. The fraction of sp³-hybridized carbons (Fsp3) is 0.154. The van der Waals surface area contributed by atoms with Gasteiger partial charge in [-0.3, -0.25) is 4.79 Å². The SMILES string of the molecule is CSc1nc(-c2cccc(F)c2CBr)c(C#N)c(=O)[nH]1. The molecule has 0 radical (unpaired) electrons. The Labute approximate surface area is 127 Å². The fourth-order valence-electron chi connectivity index (χ4n) is 1.76.